The number of fused-ring (bicyclic) bond motifs is 2. The standard InChI is InChI=1S/C23H30N4O/c1-5-12-26(13-6-2)23-19-8-7-9-21(19)25-22-20(15-24-27(22)23)18-11-10-17(28-4)14-16(18)3/h10-11,14-15H,5-9,12-13H2,1-4H3. The normalized spacial score (nSPS) is 13.1. The molecule has 0 aliphatic heterocycles. The number of methoxy groups -OCH3 is 1. The van der Waals surface area contributed by atoms with E-state index in [0.29, 0.717) is 0 Å². The Kier molecular flexibility index (Phi) is 5.25. The maximum Gasteiger partial charge on any atom is 0.165 e. The molecule has 0 bridgehead atoms. The number of anilines is 1. The van der Waals surface area contributed by atoms with E-state index in [4.69, 9.17) is 14.8 Å². The number of ether oxygens (including phenoxy) is 1. The number of aromatic nitrogens is 3. The van der Waals surface area contributed by atoms with E-state index in [0.717, 1.165) is 55.7 Å². The largest absolute Gasteiger partial charge is 0.497 e. The molecule has 28 heavy (non-hydrogen) atoms. The van der Waals surface area contributed by atoms with Crippen LogP contribution in [0.3, 0.4) is 0 Å². The van der Waals surface area contributed by atoms with Gasteiger partial charge in [0.1, 0.15) is 11.6 Å². The summed E-state index contributed by atoms with van der Waals surface area (Å²) in [7, 11) is 1.71. The zero-order valence-electron chi connectivity index (χ0n) is 17.5. The van der Waals surface area contributed by atoms with Gasteiger partial charge in [-0.05, 0) is 62.3 Å². The molecule has 1 aliphatic carbocycles. The van der Waals surface area contributed by atoms with Crippen molar-refractivity contribution in [3.63, 3.8) is 0 Å². The predicted molar refractivity (Wildman–Crippen MR) is 115 cm³/mol. The number of benzene rings is 1. The SMILES string of the molecule is CCCN(CCC)c1c2c(nc3c(-c4ccc(OC)cc4C)cnn13)CCC2. The molecule has 0 atom stereocenters. The summed E-state index contributed by atoms with van der Waals surface area (Å²) in [5.41, 5.74) is 7.08. The minimum atomic E-state index is 0.879. The van der Waals surface area contributed by atoms with Crippen molar-refractivity contribution >= 4 is 11.5 Å². The molecule has 148 valence electrons. The van der Waals surface area contributed by atoms with Crippen molar-refractivity contribution in [3.05, 3.63) is 41.2 Å². The molecule has 0 saturated heterocycles. The fourth-order valence-electron chi connectivity index (χ4n) is 4.40. The van der Waals surface area contributed by atoms with Crippen molar-refractivity contribution in [2.75, 3.05) is 25.1 Å². The van der Waals surface area contributed by atoms with E-state index < -0.39 is 0 Å². The first-order chi connectivity index (χ1) is 13.7. The third-order valence-electron chi connectivity index (χ3n) is 5.65. The highest BCUT2D eigenvalue weighted by molar-refractivity contribution is 5.81. The van der Waals surface area contributed by atoms with Gasteiger partial charge in [0.15, 0.2) is 5.65 Å². The van der Waals surface area contributed by atoms with Crippen molar-refractivity contribution in [2.45, 2.75) is 52.9 Å². The topological polar surface area (TPSA) is 42.7 Å². The van der Waals surface area contributed by atoms with Crippen LogP contribution in [0.5, 0.6) is 5.75 Å². The van der Waals surface area contributed by atoms with Crippen LogP contribution in [0.1, 0.15) is 49.9 Å². The molecule has 0 radical (unpaired) electrons. The van der Waals surface area contributed by atoms with E-state index in [1.54, 1.807) is 7.11 Å². The second kappa shape index (κ2) is 7.82. The fourth-order valence-corrected chi connectivity index (χ4v) is 4.40. The van der Waals surface area contributed by atoms with Gasteiger partial charge in [-0.3, -0.25) is 0 Å². The summed E-state index contributed by atoms with van der Waals surface area (Å²) in [6.45, 7) is 8.72. The number of nitrogens with zero attached hydrogens (tertiary/aromatic N) is 4. The van der Waals surface area contributed by atoms with E-state index in [-0.39, 0.29) is 0 Å². The monoisotopic (exact) mass is 378 g/mol. The lowest BCUT2D eigenvalue weighted by molar-refractivity contribution is 0.414. The molecule has 5 heteroatoms. The molecule has 0 spiro atoms. The Labute approximate surface area is 167 Å². The van der Waals surface area contributed by atoms with Gasteiger partial charge in [-0.25, -0.2) is 4.98 Å². The Bertz CT molecular complexity index is 986. The van der Waals surface area contributed by atoms with Gasteiger partial charge in [-0.15, -0.1) is 0 Å². The van der Waals surface area contributed by atoms with Gasteiger partial charge in [-0.2, -0.15) is 9.61 Å². The van der Waals surface area contributed by atoms with Crippen molar-refractivity contribution in [1.29, 1.82) is 0 Å². The third kappa shape index (κ3) is 3.13. The molecule has 5 nitrogen and oxygen atoms in total. The number of hydrogen-bond donors (Lipinski definition) is 0. The Morgan fingerprint density at radius 1 is 1.11 bits per heavy atom. The maximum absolute atomic E-state index is 5.38. The highest BCUT2D eigenvalue weighted by Crippen LogP contribution is 2.36. The average Bonchev–Trinajstić information content (AvgIpc) is 3.32. The Morgan fingerprint density at radius 3 is 2.57 bits per heavy atom. The minimum absolute atomic E-state index is 0.879. The molecule has 2 heterocycles. The first kappa shape index (κ1) is 18.8. The molecule has 4 rings (SSSR count). The molecular formula is C23H30N4O. The summed E-state index contributed by atoms with van der Waals surface area (Å²) in [6, 6.07) is 6.21. The number of aryl methyl sites for hydroxylation is 2. The van der Waals surface area contributed by atoms with Crippen molar-refractivity contribution in [2.24, 2.45) is 0 Å². The molecule has 0 N–H and O–H groups in total. The highest BCUT2D eigenvalue weighted by atomic mass is 16.5. The minimum Gasteiger partial charge on any atom is -0.497 e. The zero-order chi connectivity index (χ0) is 19.7. The summed E-state index contributed by atoms with van der Waals surface area (Å²) in [6.07, 6.45) is 7.59. The Hall–Kier alpha value is -2.56. The average molecular weight is 379 g/mol. The Balaban J connectivity index is 1.92. The van der Waals surface area contributed by atoms with Crippen molar-refractivity contribution in [1.82, 2.24) is 14.6 Å². The molecule has 1 aromatic carbocycles. The zero-order valence-corrected chi connectivity index (χ0v) is 17.5. The molecule has 1 aliphatic rings. The van der Waals surface area contributed by atoms with E-state index in [1.165, 1.54) is 34.6 Å². The van der Waals surface area contributed by atoms with Gasteiger partial charge >= 0.3 is 0 Å². The van der Waals surface area contributed by atoms with Gasteiger partial charge in [0.2, 0.25) is 0 Å². The van der Waals surface area contributed by atoms with Crippen LogP contribution in [0, 0.1) is 6.92 Å². The first-order valence-corrected chi connectivity index (χ1v) is 10.5. The van der Waals surface area contributed by atoms with Crippen LogP contribution in [0.25, 0.3) is 16.8 Å². The fraction of sp³-hybridized carbons (Fsp3) is 0.478. The smallest absolute Gasteiger partial charge is 0.165 e. The lowest BCUT2D eigenvalue weighted by atomic mass is 10.0. The van der Waals surface area contributed by atoms with Crippen molar-refractivity contribution in [3.8, 4) is 16.9 Å². The molecule has 3 aromatic rings. The predicted octanol–water partition coefficient (Wildman–Crippen LogP) is 4.83. The van der Waals surface area contributed by atoms with Gasteiger partial charge < -0.3 is 9.64 Å². The van der Waals surface area contributed by atoms with Crippen LogP contribution in [-0.2, 0) is 12.8 Å². The van der Waals surface area contributed by atoms with Crippen LogP contribution < -0.4 is 9.64 Å². The second-order valence-electron chi connectivity index (χ2n) is 7.68. The first-order valence-electron chi connectivity index (χ1n) is 10.5. The molecule has 0 unspecified atom stereocenters. The second-order valence-corrected chi connectivity index (χ2v) is 7.68. The van der Waals surface area contributed by atoms with Gasteiger partial charge in [-0.1, -0.05) is 19.9 Å². The summed E-state index contributed by atoms with van der Waals surface area (Å²) in [5, 5.41) is 4.82. The van der Waals surface area contributed by atoms with E-state index in [2.05, 4.69) is 42.3 Å². The molecule has 0 saturated carbocycles. The van der Waals surface area contributed by atoms with Crippen LogP contribution >= 0.6 is 0 Å². The van der Waals surface area contributed by atoms with Gasteiger partial charge in [0, 0.05) is 29.9 Å². The van der Waals surface area contributed by atoms with E-state index in [1.807, 2.05) is 12.3 Å². The van der Waals surface area contributed by atoms with Gasteiger partial charge in [0.25, 0.3) is 0 Å². The van der Waals surface area contributed by atoms with Gasteiger partial charge in [0.05, 0.1) is 13.3 Å². The molecular weight excluding hydrogens is 348 g/mol. The Morgan fingerprint density at radius 2 is 1.89 bits per heavy atom. The van der Waals surface area contributed by atoms with Crippen LogP contribution in [0.15, 0.2) is 24.4 Å². The quantitative estimate of drug-likeness (QED) is 0.591. The molecule has 0 fully saturated rings. The van der Waals surface area contributed by atoms with Crippen molar-refractivity contribution < 1.29 is 4.74 Å². The summed E-state index contributed by atoms with van der Waals surface area (Å²) < 4.78 is 7.47. The third-order valence-corrected chi connectivity index (χ3v) is 5.65. The summed E-state index contributed by atoms with van der Waals surface area (Å²) in [4.78, 5) is 7.59. The summed E-state index contributed by atoms with van der Waals surface area (Å²) in [5.74, 6) is 2.14. The number of rotatable bonds is 7. The van der Waals surface area contributed by atoms with Crippen LogP contribution in [0.2, 0.25) is 0 Å². The van der Waals surface area contributed by atoms with E-state index >= 15 is 0 Å². The van der Waals surface area contributed by atoms with Crippen LogP contribution in [0.4, 0.5) is 5.82 Å². The number of hydrogen-bond acceptors (Lipinski definition) is 4. The molecule has 0 amide bonds. The van der Waals surface area contributed by atoms with E-state index in [9.17, 15) is 0 Å². The van der Waals surface area contributed by atoms with Crippen LogP contribution in [-0.4, -0.2) is 34.8 Å². The molecule has 2 aromatic heterocycles. The highest BCUT2D eigenvalue weighted by Gasteiger charge is 2.25. The maximum atomic E-state index is 5.38. The lowest BCUT2D eigenvalue weighted by Crippen LogP contribution is -2.29. The lowest BCUT2D eigenvalue weighted by Gasteiger charge is -2.26. The summed E-state index contributed by atoms with van der Waals surface area (Å²) >= 11 is 0.